The fourth-order valence-corrected chi connectivity index (χ4v) is 5.06. The van der Waals surface area contributed by atoms with E-state index in [2.05, 4.69) is 15.3 Å². The molecule has 2 saturated heterocycles. The average molecular weight is 516 g/mol. The molecule has 0 radical (unpaired) electrons. The quantitative estimate of drug-likeness (QED) is 0.546. The van der Waals surface area contributed by atoms with Crippen molar-refractivity contribution in [1.29, 1.82) is 0 Å². The van der Waals surface area contributed by atoms with Crippen molar-refractivity contribution in [1.82, 2.24) is 20.0 Å². The van der Waals surface area contributed by atoms with Crippen molar-refractivity contribution in [2.75, 3.05) is 51.3 Å². The number of hydrogen-bond donors (Lipinski definition) is 1. The van der Waals surface area contributed by atoms with Crippen molar-refractivity contribution in [2.24, 2.45) is 0 Å². The summed E-state index contributed by atoms with van der Waals surface area (Å²) < 4.78 is 7.26. The molecule has 0 spiro atoms. The molecule has 2 aliphatic rings. The number of nitrogens with one attached hydrogen (secondary N) is 1. The molecule has 1 aromatic heterocycles. The van der Waals surface area contributed by atoms with Crippen LogP contribution in [0.25, 0.3) is 5.69 Å². The van der Waals surface area contributed by atoms with Gasteiger partial charge < -0.3 is 19.9 Å². The summed E-state index contributed by atoms with van der Waals surface area (Å²) >= 11 is 6.03. The molecule has 3 heterocycles. The number of hydrogen-bond acceptors (Lipinski definition) is 5. The van der Waals surface area contributed by atoms with Crippen LogP contribution in [0.15, 0.2) is 54.7 Å². The highest BCUT2D eigenvalue weighted by Crippen LogP contribution is 2.32. The van der Waals surface area contributed by atoms with Crippen LogP contribution in [0.1, 0.15) is 34.8 Å². The Labute approximate surface area is 217 Å². The Morgan fingerprint density at radius 2 is 1.60 bits per heavy atom. The van der Waals surface area contributed by atoms with Crippen LogP contribution in [0.2, 0.25) is 5.02 Å². The molecule has 7 nitrogen and oxygen atoms in total. The molecule has 35 heavy (non-hydrogen) atoms. The van der Waals surface area contributed by atoms with Crippen LogP contribution < -0.4 is 15.0 Å². The Bertz CT molecular complexity index is 1120. The summed E-state index contributed by atoms with van der Waals surface area (Å²) in [5.41, 5.74) is 3.83. The third kappa shape index (κ3) is 5.42. The maximum atomic E-state index is 13.7. The highest BCUT2D eigenvalue weighted by Gasteiger charge is 2.30. The van der Waals surface area contributed by atoms with Gasteiger partial charge in [0.2, 0.25) is 0 Å². The van der Waals surface area contributed by atoms with Gasteiger partial charge in [0, 0.05) is 42.8 Å². The number of amides is 1. The van der Waals surface area contributed by atoms with E-state index in [0.29, 0.717) is 19.0 Å². The number of carbonyl (C=O) groups is 1. The van der Waals surface area contributed by atoms with Crippen LogP contribution in [0.4, 0.5) is 5.69 Å². The number of ether oxygens (including phenoxy) is 1. The maximum absolute atomic E-state index is 13.7. The van der Waals surface area contributed by atoms with Gasteiger partial charge in [-0.15, -0.1) is 12.4 Å². The first-order chi connectivity index (χ1) is 16.6. The lowest BCUT2D eigenvalue weighted by Crippen LogP contribution is -2.49. The van der Waals surface area contributed by atoms with Crippen molar-refractivity contribution in [3.63, 3.8) is 0 Å². The minimum absolute atomic E-state index is 0. The molecule has 0 atom stereocenters. The maximum Gasteiger partial charge on any atom is 0.257 e. The van der Waals surface area contributed by atoms with E-state index in [1.54, 1.807) is 13.3 Å². The van der Waals surface area contributed by atoms with Gasteiger partial charge in [-0.2, -0.15) is 5.10 Å². The monoisotopic (exact) mass is 515 g/mol. The molecular weight excluding hydrogens is 485 g/mol. The summed E-state index contributed by atoms with van der Waals surface area (Å²) in [5, 5.41) is 8.85. The zero-order valence-electron chi connectivity index (χ0n) is 19.8. The minimum atomic E-state index is 0. The van der Waals surface area contributed by atoms with Crippen molar-refractivity contribution in [2.45, 2.75) is 18.8 Å². The van der Waals surface area contributed by atoms with Crippen molar-refractivity contribution >= 4 is 35.6 Å². The Hall–Kier alpha value is -2.74. The number of carbonyl (C=O) groups excluding carboxylic acids is 1. The Morgan fingerprint density at radius 3 is 2.23 bits per heavy atom. The van der Waals surface area contributed by atoms with E-state index in [1.807, 2.05) is 58.1 Å². The molecule has 0 bridgehead atoms. The normalized spacial score (nSPS) is 16.6. The van der Waals surface area contributed by atoms with E-state index in [1.165, 1.54) is 0 Å². The SMILES string of the molecule is COc1ccc(-n2ncc(C(=O)N3CCN(c4ccc(Cl)cc4)CC3)c2C2CCNCC2)cc1.Cl. The number of piperidine rings is 1. The molecule has 186 valence electrons. The lowest BCUT2D eigenvalue weighted by molar-refractivity contribution is 0.0744. The molecule has 1 amide bonds. The van der Waals surface area contributed by atoms with Gasteiger partial charge in [-0.05, 0) is 74.5 Å². The summed E-state index contributed by atoms with van der Waals surface area (Å²) in [4.78, 5) is 18.0. The second-order valence-corrected chi connectivity index (χ2v) is 9.27. The summed E-state index contributed by atoms with van der Waals surface area (Å²) in [6, 6.07) is 15.7. The van der Waals surface area contributed by atoms with Crippen LogP contribution in [0.5, 0.6) is 5.75 Å². The first kappa shape index (κ1) is 25.4. The molecule has 9 heteroatoms. The number of halogens is 2. The van der Waals surface area contributed by atoms with Crippen LogP contribution in [0, 0.1) is 0 Å². The van der Waals surface area contributed by atoms with Crippen molar-refractivity contribution in [3.8, 4) is 11.4 Å². The van der Waals surface area contributed by atoms with Gasteiger partial charge in [0.25, 0.3) is 5.91 Å². The zero-order chi connectivity index (χ0) is 23.5. The largest absolute Gasteiger partial charge is 0.497 e. The van der Waals surface area contributed by atoms with E-state index < -0.39 is 0 Å². The third-order valence-corrected chi connectivity index (χ3v) is 7.09. The zero-order valence-corrected chi connectivity index (χ0v) is 21.4. The molecule has 0 unspecified atom stereocenters. The fraction of sp³-hybridized carbons (Fsp3) is 0.385. The van der Waals surface area contributed by atoms with Gasteiger partial charge in [0.05, 0.1) is 30.3 Å². The summed E-state index contributed by atoms with van der Waals surface area (Å²) in [5.74, 6) is 1.17. The van der Waals surface area contributed by atoms with Gasteiger partial charge in [-0.25, -0.2) is 4.68 Å². The van der Waals surface area contributed by atoms with E-state index in [4.69, 9.17) is 16.3 Å². The van der Waals surface area contributed by atoms with E-state index >= 15 is 0 Å². The smallest absolute Gasteiger partial charge is 0.257 e. The van der Waals surface area contributed by atoms with Crippen molar-refractivity contribution < 1.29 is 9.53 Å². The molecule has 0 saturated carbocycles. The molecule has 2 fully saturated rings. The predicted octanol–water partition coefficient (Wildman–Crippen LogP) is 4.39. The third-order valence-electron chi connectivity index (χ3n) is 6.84. The summed E-state index contributed by atoms with van der Waals surface area (Å²) in [7, 11) is 1.66. The number of rotatable bonds is 5. The lowest BCUT2D eigenvalue weighted by Gasteiger charge is -2.36. The Kier molecular flexibility index (Phi) is 8.21. The highest BCUT2D eigenvalue weighted by atomic mass is 35.5. The Morgan fingerprint density at radius 1 is 0.971 bits per heavy atom. The van der Waals surface area contributed by atoms with Gasteiger partial charge in [-0.1, -0.05) is 11.6 Å². The van der Waals surface area contributed by atoms with E-state index in [9.17, 15) is 4.79 Å². The van der Waals surface area contributed by atoms with Crippen molar-refractivity contribution in [3.05, 3.63) is 71.0 Å². The minimum Gasteiger partial charge on any atom is -0.497 e. The Balaban J connectivity index is 0.00000289. The summed E-state index contributed by atoms with van der Waals surface area (Å²) in [6.45, 7) is 4.85. The highest BCUT2D eigenvalue weighted by molar-refractivity contribution is 6.30. The van der Waals surface area contributed by atoms with Gasteiger partial charge in [0.1, 0.15) is 5.75 Å². The van der Waals surface area contributed by atoms with Crippen LogP contribution in [-0.4, -0.2) is 67.0 Å². The van der Waals surface area contributed by atoms with Gasteiger partial charge >= 0.3 is 0 Å². The number of anilines is 1. The lowest BCUT2D eigenvalue weighted by atomic mass is 9.91. The number of piperazine rings is 1. The molecule has 5 rings (SSSR count). The number of methoxy groups -OCH3 is 1. The van der Waals surface area contributed by atoms with Crippen LogP contribution >= 0.6 is 24.0 Å². The standard InChI is InChI=1S/C26H30ClN5O2.ClH/c1-34-23-8-6-22(7-9-23)32-25(19-10-12-28-13-11-19)24(18-29-32)26(33)31-16-14-30(15-17-31)21-4-2-20(27)3-5-21;/h2-9,18-19,28H,10-17H2,1H3;1H. The van der Waals surface area contributed by atoms with E-state index in [-0.39, 0.29) is 18.3 Å². The fourth-order valence-electron chi connectivity index (χ4n) is 4.93. The number of benzene rings is 2. The molecule has 2 aromatic carbocycles. The first-order valence-electron chi connectivity index (χ1n) is 11.9. The molecular formula is C26H31Cl2N5O2. The average Bonchev–Trinajstić information content (AvgIpc) is 3.34. The van der Waals surface area contributed by atoms with Gasteiger partial charge in [0.15, 0.2) is 0 Å². The van der Waals surface area contributed by atoms with Crippen LogP contribution in [-0.2, 0) is 0 Å². The summed E-state index contributed by atoms with van der Waals surface area (Å²) in [6.07, 6.45) is 3.74. The number of nitrogens with zero attached hydrogens (tertiary/aromatic N) is 4. The topological polar surface area (TPSA) is 62.6 Å². The second kappa shape index (κ2) is 11.3. The predicted molar refractivity (Wildman–Crippen MR) is 142 cm³/mol. The van der Waals surface area contributed by atoms with E-state index in [0.717, 1.165) is 72.4 Å². The number of aromatic nitrogens is 2. The van der Waals surface area contributed by atoms with Crippen LogP contribution in [0.3, 0.4) is 0 Å². The second-order valence-electron chi connectivity index (χ2n) is 8.83. The van der Waals surface area contributed by atoms with Gasteiger partial charge in [-0.3, -0.25) is 4.79 Å². The molecule has 3 aromatic rings. The molecule has 2 aliphatic heterocycles. The first-order valence-corrected chi connectivity index (χ1v) is 12.2. The molecule has 1 N–H and O–H groups in total. The molecule has 0 aliphatic carbocycles.